The molecule has 1 aromatic carbocycles. The summed E-state index contributed by atoms with van der Waals surface area (Å²) in [5.41, 5.74) is 0.999. The maximum absolute atomic E-state index is 10.8. The van der Waals surface area contributed by atoms with Gasteiger partial charge in [0.15, 0.2) is 0 Å². The molecule has 3 atom stereocenters. The largest absolute Gasteiger partial charge is 0.496 e. The number of likely N-dealkylation sites (tertiary alicyclic amines) is 1. The first-order chi connectivity index (χ1) is 11.5. The monoisotopic (exact) mass is 330 g/mol. The van der Waals surface area contributed by atoms with Gasteiger partial charge in [0.25, 0.3) is 0 Å². The minimum Gasteiger partial charge on any atom is -0.496 e. The molecule has 0 radical (unpaired) electrons. The Hall–Kier alpha value is -1.61. The van der Waals surface area contributed by atoms with Gasteiger partial charge in [-0.05, 0) is 50.9 Å². The van der Waals surface area contributed by atoms with E-state index in [0.29, 0.717) is 31.2 Å². The first-order valence-electron chi connectivity index (χ1n) is 8.66. The van der Waals surface area contributed by atoms with Crippen LogP contribution in [0.4, 0.5) is 0 Å². The molecule has 5 nitrogen and oxygen atoms in total. The van der Waals surface area contributed by atoms with Crippen LogP contribution in [0.15, 0.2) is 18.2 Å². The lowest BCUT2D eigenvalue weighted by Crippen LogP contribution is -2.52. The van der Waals surface area contributed by atoms with Crippen LogP contribution in [0, 0.1) is 17.2 Å². The van der Waals surface area contributed by atoms with E-state index >= 15 is 0 Å². The number of benzene rings is 1. The molecular formula is C19H26N2O3. The Morgan fingerprint density at radius 1 is 1.50 bits per heavy atom. The van der Waals surface area contributed by atoms with Gasteiger partial charge in [-0.1, -0.05) is 0 Å². The fourth-order valence-electron chi connectivity index (χ4n) is 4.07. The van der Waals surface area contributed by atoms with Crippen molar-refractivity contribution in [3.05, 3.63) is 29.3 Å². The predicted molar refractivity (Wildman–Crippen MR) is 90.7 cm³/mol. The second-order valence-electron chi connectivity index (χ2n) is 7.11. The van der Waals surface area contributed by atoms with Gasteiger partial charge in [-0.25, -0.2) is 0 Å². The molecular weight excluding hydrogens is 304 g/mol. The fraction of sp³-hybridized carbons (Fsp3) is 0.632. The number of nitriles is 1. The highest BCUT2D eigenvalue weighted by Gasteiger charge is 2.44. The van der Waals surface area contributed by atoms with Crippen molar-refractivity contribution >= 4 is 0 Å². The fourth-order valence-corrected chi connectivity index (χ4v) is 4.07. The number of ether oxygens (including phenoxy) is 2. The van der Waals surface area contributed by atoms with E-state index in [1.807, 2.05) is 19.1 Å². The molecule has 2 saturated heterocycles. The summed E-state index contributed by atoms with van der Waals surface area (Å²) in [7, 11) is 1.66. The van der Waals surface area contributed by atoms with Gasteiger partial charge in [0.05, 0.1) is 31.0 Å². The van der Waals surface area contributed by atoms with Crippen molar-refractivity contribution in [1.29, 1.82) is 5.26 Å². The Kier molecular flexibility index (Phi) is 5.09. The first-order valence-corrected chi connectivity index (χ1v) is 8.66. The maximum Gasteiger partial charge on any atom is 0.123 e. The van der Waals surface area contributed by atoms with Gasteiger partial charge in [0, 0.05) is 30.7 Å². The molecule has 5 heteroatoms. The second-order valence-corrected chi connectivity index (χ2v) is 7.11. The molecule has 0 unspecified atom stereocenters. The molecule has 0 amide bonds. The van der Waals surface area contributed by atoms with E-state index in [1.54, 1.807) is 13.2 Å². The van der Waals surface area contributed by atoms with Crippen LogP contribution < -0.4 is 4.74 Å². The maximum atomic E-state index is 10.8. The normalized spacial score (nSPS) is 30.9. The molecule has 0 bridgehead atoms. The van der Waals surface area contributed by atoms with E-state index < -0.39 is 5.60 Å². The standard InChI is InChI=1S/C19H26N2O3/c1-19(22)7-9-24-13-16(19)17-4-3-8-21(17)12-15-10-14(11-20)5-6-18(15)23-2/h5-6,10,16-17,22H,3-4,7-9,12-13H2,1-2H3/t16-,17+,19-/m0/s1. The Labute approximate surface area is 143 Å². The zero-order valence-corrected chi connectivity index (χ0v) is 14.5. The Morgan fingerprint density at radius 2 is 2.33 bits per heavy atom. The van der Waals surface area contributed by atoms with Crippen LogP contribution in [-0.2, 0) is 11.3 Å². The molecule has 1 N–H and O–H groups in total. The van der Waals surface area contributed by atoms with E-state index in [2.05, 4.69) is 11.0 Å². The van der Waals surface area contributed by atoms with Gasteiger partial charge in [-0.15, -0.1) is 0 Å². The SMILES string of the molecule is COc1ccc(C#N)cc1CN1CCC[C@@H]1[C@@H]1COCC[C@]1(C)O. The summed E-state index contributed by atoms with van der Waals surface area (Å²) in [5, 5.41) is 19.9. The molecule has 2 aliphatic heterocycles. The smallest absolute Gasteiger partial charge is 0.123 e. The Balaban J connectivity index is 1.80. The topological polar surface area (TPSA) is 65.7 Å². The van der Waals surface area contributed by atoms with E-state index in [0.717, 1.165) is 37.2 Å². The van der Waals surface area contributed by atoms with Crippen LogP contribution in [0.25, 0.3) is 0 Å². The third-order valence-corrected chi connectivity index (χ3v) is 5.51. The second kappa shape index (κ2) is 7.10. The number of aliphatic hydroxyl groups is 1. The van der Waals surface area contributed by atoms with Gasteiger partial charge >= 0.3 is 0 Å². The van der Waals surface area contributed by atoms with Gasteiger partial charge in [-0.3, -0.25) is 4.90 Å². The number of hydrogen-bond donors (Lipinski definition) is 1. The van der Waals surface area contributed by atoms with Gasteiger partial charge < -0.3 is 14.6 Å². The average molecular weight is 330 g/mol. The van der Waals surface area contributed by atoms with Crippen LogP contribution in [0.3, 0.4) is 0 Å². The zero-order chi connectivity index (χ0) is 17.2. The van der Waals surface area contributed by atoms with E-state index in [-0.39, 0.29) is 5.92 Å². The molecule has 2 heterocycles. The van der Waals surface area contributed by atoms with E-state index in [1.165, 1.54) is 0 Å². The third-order valence-electron chi connectivity index (χ3n) is 5.51. The number of rotatable bonds is 4. The van der Waals surface area contributed by atoms with Crippen LogP contribution in [0.2, 0.25) is 0 Å². The molecule has 3 rings (SSSR count). The lowest BCUT2D eigenvalue weighted by Gasteiger charge is -2.43. The summed E-state index contributed by atoms with van der Waals surface area (Å²) < 4.78 is 11.1. The summed E-state index contributed by atoms with van der Waals surface area (Å²) in [6.07, 6.45) is 2.89. The molecule has 24 heavy (non-hydrogen) atoms. The highest BCUT2D eigenvalue weighted by molar-refractivity contribution is 5.42. The summed E-state index contributed by atoms with van der Waals surface area (Å²) in [5.74, 6) is 0.935. The quantitative estimate of drug-likeness (QED) is 0.918. The lowest BCUT2D eigenvalue weighted by atomic mass is 9.79. The van der Waals surface area contributed by atoms with Crippen LogP contribution >= 0.6 is 0 Å². The van der Waals surface area contributed by atoms with Crippen LogP contribution in [0.5, 0.6) is 5.75 Å². The zero-order valence-electron chi connectivity index (χ0n) is 14.5. The highest BCUT2D eigenvalue weighted by atomic mass is 16.5. The summed E-state index contributed by atoms with van der Waals surface area (Å²) in [4.78, 5) is 2.41. The van der Waals surface area contributed by atoms with Crippen LogP contribution in [0.1, 0.15) is 37.3 Å². The van der Waals surface area contributed by atoms with Crippen molar-refractivity contribution < 1.29 is 14.6 Å². The highest BCUT2D eigenvalue weighted by Crippen LogP contribution is 2.37. The van der Waals surface area contributed by atoms with E-state index in [9.17, 15) is 5.11 Å². The van der Waals surface area contributed by atoms with Crippen molar-refractivity contribution in [2.24, 2.45) is 5.92 Å². The minimum absolute atomic E-state index is 0.124. The van der Waals surface area contributed by atoms with Crippen molar-refractivity contribution in [3.8, 4) is 11.8 Å². The van der Waals surface area contributed by atoms with Gasteiger partial charge in [-0.2, -0.15) is 5.26 Å². The van der Waals surface area contributed by atoms with Gasteiger partial charge in [0.1, 0.15) is 5.75 Å². The molecule has 0 saturated carbocycles. The number of methoxy groups -OCH3 is 1. The van der Waals surface area contributed by atoms with Crippen molar-refractivity contribution in [3.63, 3.8) is 0 Å². The predicted octanol–water partition coefficient (Wildman–Crippen LogP) is 2.32. The molecule has 2 aliphatic rings. The third kappa shape index (κ3) is 3.41. The summed E-state index contributed by atoms with van der Waals surface area (Å²) >= 11 is 0. The molecule has 0 spiro atoms. The van der Waals surface area contributed by atoms with E-state index in [4.69, 9.17) is 14.7 Å². The lowest BCUT2D eigenvalue weighted by molar-refractivity contribution is -0.123. The van der Waals surface area contributed by atoms with Crippen molar-refractivity contribution in [1.82, 2.24) is 4.90 Å². The molecule has 130 valence electrons. The Bertz CT molecular complexity index is 624. The van der Waals surface area contributed by atoms with Crippen molar-refractivity contribution in [2.75, 3.05) is 26.9 Å². The van der Waals surface area contributed by atoms with Crippen LogP contribution in [-0.4, -0.2) is 48.5 Å². The van der Waals surface area contributed by atoms with Gasteiger partial charge in [0.2, 0.25) is 0 Å². The first kappa shape index (κ1) is 17.2. The minimum atomic E-state index is -0.676. The molecule has 0 aromatic heterocycles. The summed E-state index contributed by atoms with van der Waals surface area (Å²) in [6.45, 7) is 4.92. The number of hydrogen-bond acceptors (Lipinski definition) is 5. The Morgan fingerprint density at radius 3 is 3.04 bits per heavy atom. The molecule has 0 aliphatic carbocycles. The number of nitrogens with zero attached hydrogens (tertiary/aromatic N) is 2. The average Bonchev–Trinajstić information content (AvgIpc) is 3.02. The molecule has 1 aromatic rings. The molecule has 2 fully saturated rings. The van der Waals surface area contributed by atoms with Crippen molar-refractivity contribution in [2.45, 2.75) is 44.4 Å². The summed E-state index contributed by atoms with van der Waals surface area (Å²) in [6, 6.07) is 8.05.